The maximum absolute atomic E-state index is 12.6. The predicted molar refractivity (Wildman–Crippen MR) is 110 cm³/mol. The molecule has 29 heavy (non-hydrogen) atoms. The second-order valence-electron chi connectivity index (χ2n) is 8.78. The van der Waals surface area contributed by atoms with Gasteiger partial charge in [0.25, 0.3) is 0 Å². The standard InChI is InChI=1S/C21H27N3O4S/c1-29(26,27)23-9-6-16-20(25)22-13-21(16)8-11-24-10-7-15-14-4-2-3-5-18(14)28-19(15)17(24)12-21/h2-5,16-17,23H,6-13H2,1H3,(H,22,25)/t16?,17-,21+/m0/s1. The number of para-hydroxylation sites is 1. The molecule has 0 saturated carbocycles. The van der Waals surface area contributed by atoms with Crippen molar-refractivity contribution in [3.8, 4) is 0 Å². The van der Waals surface area contributed by atoms with Gasteiger partial charge in [0.15, 0.2) is 0 Å². The Kier molecular flexibility index (Phi) is 4.49. The highest BCUT2D eigenvalue weighted by atomic mass is 32.2. The van der Waals surface area contributed by atoms with E-state index in [1.807, 2.05) is 12.1 Å². The second kappa shape index (κ2) is 6.82. The van der Waals surface area contributed by atoms with Gasteiger partial charge in [0.1, 0.15) is 11.3 Å². The smallest absolute Gasteiger partial charge is 0.223 e. The highest BCUT2D eigenvalue weighted by Gasteiger charge is 2.53. The summed E-state index contributed by atoms with van der Waals surface area (Å²) in [5.41, 5.74) is 2.10. The molecule has 1 unspecified atom stereocenters. The minimum atomic E-state index is -3.25. The number of nitrogens with one attached hydrogen (secondary N) is 2. The molecule has 0 bridgehead atoms. The Balaban J connectivity index is 1.43. The van der Waals surface area contributed by atoms with Crippen molar-refractivity contribution in [2.75, 3.05) is 32.4 Å². The van der Waals surface area contributed by atoms with E-state index in [1.165, 1.54) is 10.9 Å². The second-order valence-corrected chi connectivity index (χ2v) is 10.6. The third-order valence-corrected chi connectivity index (χ3v) is 7.81. The average Bonchev–Trinajstić information content (AvgIpc) is 3.21. The summed E-state index contributed by atoms with van der Waals surface area (Å²) >= 11 is 0. The summed E-state index contributed by atoms with van der Waals surface area (Å²) in [5.74, 6) is 0.937. The molecule has 1 spiro atoms. The number of rotatable bonds is 4. The van der Waals surface area contributed by atoms with Crippen LogP contribution in [0.4, 0.5) is 0 Å². The van der Waals surface area contributed by atoms with Crippen molar-refractivity contribution >= 4 is 26.9 Å². The lowest BCUT2D eigenvalue weighted by Crippen LogP contribution is -2.48. The molecule has 7 nitrogen and oxygen atoms in total. The van der Waals surface area contributed by atoms with Gasteiger partial charge in [0.2, 0.25) is 15.9 Å². The largest absolute Gasteiger partial charge is 0.459 e. The first-order chi connectivity index (χ1) is 13.9. The summed E-state index contributed by atoms with van der Waals surface area (Å²) in [4.78, 5) is 15.1. The topological polar surface area (TPSA) is 91.6 Å². The van der Waals surface area contributed by atoms with Crippen molar-refractivity contribution in [2.24, 2.45) is 11.3 Å². The van der Waals surface area contributed by atoms with Gasteiger partial charge < -0.3 is 9.73 Å². The van der Waals surface area contributed by atoms with E-state index in [9.17, 15) is 13.2 Å². The third-order valence-electron chi connectivity index (χ3n) is 7.09. The van der Waals surface area contributed by atoms with Crippen molar-refractivity contribution < 1.29 is 17.6 Å². The van der Waals surface area contributed by atoms with Crippen LogP contribution in [0.1, 0.15) is 36.6 Å². The number of hydrogen-bond acceptors (Lipinski definition) is 5. The zero-order valence-electron chi connectivity index (χ0n) is 16.6. The molecule has 3 atom stereocenters. The summed E-state index contributed by atoms with van der Waals surface area (Å²) in [5, 5.41) is 4.26. The SMILES string of the molecule is CS(=O)(=O)NCCC1C(=O)NC[C@]12CCN1CCc3c(oc4ccccc34)[C@@H]1C2. The molecule has 3 aliphatic rings. The van der Waals surface area contributed by atoms with Crippen molar-refractivity contribution in [3.63, 3.8) is 0 Å². The summed E-state index contributed by atoms with van der Waals surface area (Å²) in [7, 11) is -3.25. The quantitative estimate of drug-likeness (QED) is 0.792. The maximum Gasteiger partial charge on any atom is 0.223 e. The van der Waals surface area contributed by atoms with Gasteiger partial charge in [0.05, 0.1) is 12.3 Å². The summed E-state index contributed by atoms with van der Waals surface area (Å²) in [6, 6.07) is 8.39. The predicted octanol–water partition coefficient (Wildman–Crippen LogP) is 1.80. The van der Waals surface area contributed by atoms with Crippen LogP contribution < -0.4 is 10.0 Å². The minimum Gasteiger partial charge on any atom is -0.459 e. The fraction of sp³-hybridized carbons (Fsp3) is 0.571. The number of piperidine rings is 1. The van der Waals surface area contributed by atoms with E-state index in [4.69, 9.17) is 4.42 Å². The van der Waals surface area contributed by atoms with Crippen LogP contribution in [0.2, 0.25) is 0 Å². The fourth-order valence-electron chi connectivity index (χ4n) is 5.66. The Morgan fingerprint density at radius 3 is 2.97 bits per heavy atom. The number of carbonyl (C=O) groups excluding carboxylic acids is 1. The molecule has 1 amide bonds. The summed E-state index contributed by atoms with van der Waals surface area (Å²) in [6.07, 6.45) is 4.48. The number of sulfonamides is 1. The number of carbonyl (C=O) groups is 1. The van der Waals surface area contributed by atoms with Crippen molar-refractivity contribution in [1.82, 2.24) is 14.9 Å². The lowest BCUT2D eigenvalue weighted by molar-refractivity contribution is -0.125. The van der Waals surface area contributed by atoms with E-state index in [-0.39, 0.29) is 23.3 Å². The molecule has 1 aromatic heterocycles. The van der Waals surface area contributed by atoms with Crippen LogP contribution in [0.25, 0.3) is 11.0 Å². The van der Waals surface area contributed by atoms with Gasteiger partial charge in [0, 0.05) is 41.9 Å². The molecule has 3 aliphatic heterocycles. The number of hydrogen-bond donors (Lipinski definition) is 2. The number of furan rings is 1. The number of amides is 1. The van der Waals surface area contributed by atoms with Crippen LogP contribution in [0.3, 0.4) is 0 Å². The van der Waals surface area contributed by atoms with Crippen molar-refractivity contribution in [2.45, 2.75) is 31.7 Å². The zero-order valence-corrected chi connectivity index (χ0v) is 17.4. The van der Waals surface area contributed by atoms with Gasteiger partial charge in [-0.15, -0.1) is 0 Å². The molecule has 0 aliphatic carbocycles. The number of nitrogens with zero attached hydrogens (tertiary/aromatic N) is 1. The number of fused-ring (bicyclic) bond motifs is 5. The van der Waals surface area contributed by atoms with Crippen LogP contribution in [0.5, 0.6) is 0 Å². The van der Waals surface area contributed by atoms with E-state index < -0.39 is 10.0 Å². The Morgan fingerprint density at radius 2 is 2.14 bits per heavy atom. The van der Waals surface area contributed by atoms with E-state index in [1.54, 1.807) is 0 Å². The minimum absolute atomic E-state index is 0.0504. The first kappa shape index (κ1) is 19.1. The molecule has 4 heterocycles. The molecule has 0 radical (unpaired) electrons. The normalized spacial score (nSPS) is 29.8. The van der Waals surface area contributed by atoms with E-state index in [2.05, 4.69) is 27.1 Å². The van der Waals surface area contributed by atoms with E-state index in [0.29, 0.717) is 19.5 Å². The fourth-order valence-corrected chi connectivity index (χ4v) is 6.14. The van der Waals surface area contributed by atoms with Gasteiger partial charge >= 0.3 is 0 Å². The summed E-state index contributed by atoms with van der Waals surface area (Å²) < 4.78 is 31.7. The molecule has 2 aromatic rings. The van der Waals surface area contributed by atoms with Crippen molar-refractivity contribution in [1.29, 1.82) is 0 Å². The van der Waals surface area contributed by atoms with Crippen LogP contribution in [0.15, 0.2) is 28.7 Å². The molecular formula is C21H27N3O4S. The Labute approximate surface area is 170 Å². The maximum atomic E-state index is 12.6. The molecule has 2 fully saturated rings. The Bertz CT molecular complexity index is 1060. The first-order valence-corrected chi connectivity index (χ1v) is 12.2. The lowest BCUT2D eigenvalue weighted by atomic mass is 9.66. The molecular weight excluding hydrogens is 390 g/mol. The van der Waals surface area contributed by atoms with Gasteiger partial charge in [-0.05, 0) is 38.3 Å². The molecule has 156 valence electrons. The summed E-state index contributed by atoms with van der Waals surface area (Å²) in [6.45, 7) is 2.91. The molecule has 2 N–H and O–H groups in total. The van der Waals surface area contributed by atoms with Crippen LogP contribution in [-0.4, -0.2) is 51.7 Å². The Hall–Kier alpha value is -1.90. The Morgan fingerprint density at radius 1 is 1.31 bits per heavy atom. The molecule has 2 saturated heterocycles. The number of benzene rings is 1. The zero-order chi connectivity index (χ0) is 20.2. The monoisotopic (exact) mass is 417 g/mol. The molecule has 8 heteroatoms. The molecule has 5 rings (SSSR count). The van der Waals surface area contributed by atoms with Gasteiger partial charge in [-0.2, -0.15) is 0 Å². The van der Waals surface area contributed by atoms with E-state index >= 15 is 0 Å². The highest BCUT2D eigenvalue weighted by Crippen LogP contribution is 2.52. The van der Waals surface area contributed by atoms with E-state index in [0.717, 1.165) is 50.0 Å². The van der Waals surface area contributed by atoms with Gasteiger partial charge in [-0.1, -0.05) is 18.2 Å². The third kappa shape index (κ3) is 3.27. The van der Waals surface area contributed by atoms with Gasteiger partial charge in [-0.25, -0.2) is 13.1 Å². The average molecular weight is 418 g/mol. The first-order valence-electron chi connectivity index (χ1n) is 10.3. The van der Waals surface area contributed by atoms with Crippen molar-refractivity contribution in [3.05, 3.63) is 35.6 Å². The van der Waals surface area contributed by atoms with Gasteiger partial charge in [-0.3, -0.25) is 9.69 Å². The van der Waals surface area contributed by atoms with Crippen LogP contribution in [0, 0.1) is 11.3 Å². The lowest BCUT2D eigenvalue weighted by Gasteiger charge is -2.47. The highest BCUT2D eigenvalue weighted by molar-refractivity contribution is 7.88. The molecule has 1 aromatic carbocycles. The van der Waals surface area contributed by atoms with Crippen LogP contribution in [-0.2, 0) is 21.2 Å². The van der Waals surface area contributed by atoms with Crippen LogP contribution >= 0.6 is 0 Å².